The maximum absolute atomic E-state index is 10.1. The van der Waals surface area contributed by atoms with Crippen molar-refractivity contribution < 1.29 is 14.6 Å². The third-order valence-corrected chi connectivity index (χ3v) is 7.48. The molecule has 0 radical (unpaired) electrons. The van der Waals surface area contributed by atoms with Gasteiger partial charge in [0.05, 0.1) is 46.7 Å². The molecule has 0 spiro atoms. The SMILES string of the molecule is CCOC1(C)NN(C(C)CO)C2=C1/C=C/c1[nH]nc3c(C)nc(cc13)-c1c(C)nn(C)c1O[C@@H](C)CN(C)C2. The fraction of sp³-hybridized carbons (Fsp3) is 0.536. The number of aliphatic hydroxyl groups excluding tert-OH is 1. The summed E-state index contributed by atoms with van der Waals surface area (Å²) in [5.74, 6) is 0.692. The average Bonchev–Trinajstić information content (AvgIpc) is 3.49. The quantitative estimate of drug-likeness (QED) is 0.463. The van der Waals surface area contributed by atoms with Gasteiger partial charge in [0.2, 0.25) is 5.88 Å². The van der Waals surface area contributed by atoms with E-state index in [9.17, 15) is 5.11 Å². The molecule has 0 amide bonds. The van der Waals surface area contributed by atoms with Crippen molar-refractivity contribution in [1.82, 2.24) is 40.3 Å². The standard InChI is InChI=1S/C28H40N8O3/c1-9-38-28(6)21-10-11-22-20-12-23(29-19(5)26(20)31-30-22)25-18(4)32-35(8)27(25)39-17(3)13-34(7)14-24(21)36(33-28)16(2)15-37/h10-12,16-17,33,37H,9,13-15H2,1-8H3,(H,30,31)/b11-10+/t16?,17-,28?/m0/s1. The number of aryl methyl sites for hydroxylation is 3. The number of aromatic nitrogens is 5. The van der Waals surface area contributed by atoms with Crippen LogP contribution in [0.15, 0.2) is 23.4 Å². The Bertz CT molecular complexity index is 1440. The van der Waals surface area contributed by atoms with E-state index >= 15 is 0 Å². The van der Waals surface area contributed by atoms with Gasteiger partial charge in [-0.2, -0.15) is 15.6 Å². The molecular formula is C28H40N8O3. The van der Waals surface area contributed by atoms with Crippen molar-refractivity contribution in [1.29, 1.82) is 0 Å². The minimum atomic E-state index is -0.765. The topological polar surface area (TPSA) is 117 Å². The highest BCUT2D eigenvalue weighted by Crippen LogP contribution is 2.37. The van der Waals surface area contributed by atoms with Crippen LogP contribution in [0, 0.1) is 13.8 Å². The molecule has 210 valence electrons. The molecule has 3 aromatic heterocycles. The van der Waals surface area contributed by atoms with Crippen molar-refractivity contribution in [2.75, 3.05) is 33.4 Å². The van der Waals surface area contributed by atoms with Gasteiger partial charge in [0, 0.05) is 37.7 Å². The van der Waals surface area contributed by atoms with Crippen LogP contribution >= 0.6 is 0 Å². The van der Waals surface area contributed by atoms with Crippen molar-refractivity contribution in [2.45, 2.75) is 59.4 Å². The maximum atomic E-state index is 10.1. The Morgan fingerprint density at radius 2 is 2.03 bits per heavy atom. The van der Waals surface area contributed by atoms with E-state index in [0.717, 1.165) is 50.5 Å². The lowest BCUT2D eigenvalue weighted by atomic mass is 10.0. The monoisotopic (exact) mass is 536 g/mol. The van der Waals surface area contributed by atoms with Crippen LogP contribution in [0.3, 0.4) is 0 Å². The lowest BCUT2D eigenvalue weighted by molar-refractivity contribution is -0.0559. The fourth-order valence-corrected chi connectivity index (χ4v) is 5.70. The predicted octanol–water partition coefficient (Wildman–Crippen LogP) is 2.91. The van der Waals surface area contributed by atoms with Crippen LogP contribution < -0.4 is 10.2 Å². The van der Waals surface area contributed by atoms with Crippen LogP contribution in [-0.4, -0.2) is 91.2 Å². The number of aliphatic hydroxyl groups is 1. The summed E-state index contributed by atoms with van der Waals surface area (Å²) in [5, 5.41) is 25.5. The van der Waals surface area contributed by atoms with Crippen LogP contribution in [-0.2, 0) is 11.8 Å². The molecule has 11 heteroatoms. The number of pyridine rings is 1. The molecule has 39 heavy (non-hydrogen) atoms. The lowest BCUT2D eigenvalue weighted by Gasteiger charge is -2.33. The van der Waals surface area contributed by atoms with Gasteiger partial charge in [0.25, 0.3) is 0 Å². The summed E-state index contributed by atoms with van der Waals surface area (Å²) in [7, 11) is 3.98. The second-order valence-electron chi connectivity index (χ2n) is 10.8. The normalized spacial score (nSPS) is 23.9. The highest BCUT2D eigenvalue weighted by molar-refractivity contribution is 5.91. The van der Waals surface area contributed by atoms with E-state index in [1.807, 2.05) is 46.7 Å². The van der Waals surface area contributed by atoms with E-state index < -0.39 is 5.72 Å². The zero-order valence-electron chi connectivity index (χ0n) is 24.2. The number of nitrogens with one attached hydrogen (secondary N) is 2. The first-order chi connectivity index (χ1) is 18.6. The van der Waals surface area contributed by atoms with Crippen LogP contribution in [0.5, 0.6) is 5.88 Å². The number of rotatable bonds is 4. The van der Waals surface area contributed by atoms with E-state index in [0.29, 0.717) is 25.6 Å². The predicted molar refractivity (Wildman–Crippen MR) is 151 cm³/mol. The second kappa shape index (κ2) is 10.4. The van der Waals surface area contributed by atoms with Gasteiger partial charge < -0.3 is 19.6 Å². The highest BCUT2D eigenvalue weighted by Gasteiger charge is 2.42. The summed E-state index contributed by atoms with van der Waals surface area (Å²) in [6.07, 6.45) is 4.02. The summed E-state index contributed by atoms with van der Waals surface area (Å²) < 4.78 is 14.6. The molecule has 11 nitrogen and oxygen atoms in total. The number of fused-ring (bicyclic) bond motifs is 3. The summed E-state index contributed by atoms with van der Waals surface area (Å²) in [6, 6.07) is 1.90. The molecule has 0 aliphatic carbocycles. The number of hydrazine groups is 1. The molecule has 3 atom stereocenters. The zero-order valence-corrected chi connectivity index (χ0v) is 24.2. The lowest BCUT2D eigenvalue weighted by Crippen LogP contribution is -2.52. The van der Waals surface area contributed by atoms with Gasteiger partial charge in [-0.25, -0.2) is 4.68 Å². The molecule has 2 aliphatic rings. The van der Waals surface area contributed by atoms with E-state index in [-0.39, 0.29) is 18.8 Å². The molecule has 2 unspecified atom stereocenters. The van der Waals surface area contributed by atoms with Crippen LogP contribution in [0.4, 0.5) is 0 Å². The third-order valence-electron chi connectivity index (χ3n) is 7.48. The third kappa shape index (κ3) is 4.84. The van der Waals surface area contributed by atoms with Crippen molar-refractivity contribution in [2.24, 2.45) is 7.05 Å². The van der Waals surface area contributed by atoms with Crippen LogP contribution in [0.2, 0.25) is 0 Å². The number of hydrogen-bond acceptors (Lipinski definition) is 9. The highest BCUT2D eigenvalue weighted by atomic mass is 16.5. The summed E-state index contributed by atoms with van der Waals surface area (Å²) in [6.45, 7) is 13.9. The Balaban J connectivity index is 1.73. The Morgan fingerprint density at radius 1 is 1.26 bits per heavy atom. The molecule has 0 aromatic carbocycles. The molecule has 5 rings (SSSR count). The van der Waals surface area contributed by atoms with Crippen molar-refractivity contribution in [3.8, 4) is 17.1 Å². The molecule has 5 heterocycles. The van der Waals surface area contributed by atoms with Gasteiger partial charge in [0.15, 0.2) is 5.72 Å². The van der Waals surface area contributed by atoms with Gasteiger partial charge in [-0.3, -0.25) is 15.0 Å². The van der Waals surface area contributed by atoms with E-state index in [4.69, 9.17) is 14.5 Å². The minimum absolute atomic E-state index is 0.00177. The van der Waals surface area contributed by atoms with Crippen LogP contribution in [0.25, 0.3) is 28.2 Å². The number of aromatic amines is 1. The van der Waals surface area contributed by atoms with Gasteiger partial charge in [0.1, 0.15) is 11.6 Å². The molecule has 2 bridgehead atoms. The second-order valence-corrected chi connectivity index (χ2v) is 10.8. The molecule has 0 saturated heterocycles. The first-order valence-electron chi connectivity index (χ1n) is 13.5. The van der Waals surface area contributed by atoms with Gasteiger partial charge >= 0.3 is 0 Å². The van der Waals surface area contributed by atoms with Crippen molar-refractivity contribution in [3.63, 3.8) is 0 Å². The summed E-state index contributed by atoms with van der Waals surface area (Å²) in [4.78, 5) is 7.13. The molecule has 3 aromatic rings. The summed E-state index contributed by atoms with van der Waals surface area (Å²) in [5.41, 5.74) is 9.87. The number of ether oxygens (including phenoxy) is 2. The zero-order chi connectivity index (χ0) is 28.1. The number of nitrogens with zero attached hydrogens (tertiary/aromatic N) is 6. The maximum Gasteiger partial charge on any atom is 0.221 e. The Morgan fingerprint density at radius 3 is 2.74 bits per heavy atom. The number of likely N-dealkylation sites (N-methyl/N-ethyl adjacent to an activating group) is 1. The first-order valence-corrected chi connectivity index (χ1v) is 13.5. The van der Waals surface area contributed by atoms with Gasteiger partial charge in [-0.15, -0.1) is 0 Å². The molecule has 0 saturated carbocycles. The molecular weight excluding hydrogens is 496 g/mol. The van der Waals surface area contributed by atoms with Crippen molar-refractivity contribution >= 4 is 17.0 Å². The fourth-order valence-electron chi connectivity index (χ4n) is 5.70. The first kappa shape index (κ1) is 27.3. The van der Waals surface area contributed by atoms with E-state index in [1.165, 1.54) is 0 Å². The molecule has 3 N–H and O–H groups in total. The smallest absolute Gasteiger partial charge is 0.221 e. The van der Waals surface area contributed by atoms with Gasteiger partial charge in [-0.05, 0) is 60.7 Å². The van der Waals surface area contributed by atoms with Gasteiger partial charge in [-0.1, -0.05) is 6.08 Å². The van der Waals surface area contributed by atoms with Crippen LogP contribution in [0.1, 0.15) is 44.8 Å². The summed E-state index contributed by atoms with van der Waals surface area (Å²) >= 11 is 0. The number of H-pyrrole nitrogens is 1. The van der Waals surface area contributed by atoms with Crippen molar-refractivity contribution in [3.05, 3.63) is 40.5 Å². The largest absolute Gasteiger partial charge is 0.473 e. The Hall–Kier alpha value is -3.25. The molecule has 2 aliphatic heterocycles. The molecule has 0 fully saturated rings. The average molecular weight is 537 g/mol. The van der Waals surface area contributed by atoms with E-state index in [2.05, 4.69) is 57.8 Å². The number of hydrogen-bond donors (Lipinski definition) is 3. The van der Waals surface area contributed by atoms with E-state index in [1.54, 1.807) is 4.68 Å². The Labute approximate surface area is 229 Å². The Kier molecular flexibility index (Phi) is 7.27. The minimum Gasteiger partial charge on any atom is -0.473 e.